The lowest BCUT2D eigenvalue weighted by Gasteiger charge is -2.17. The molecule has 1 N–H and O–H groups in total. The van der Waals surface area contributed by atoms with E-state index in [1.54, 1.807) is 7.05 Å². The molecular weight excluding hydrogens is 249 g/mol. The molecule has 0 aromatic heterocycles. The highest BCUT2D eigenvalue weighted by Crippen LogP contribution is 2.14. The molecule has 0 aliphatic heterocycles. The van der Waals surface area contributed by atoms with Gasteiger partial charge in [0.05, 0.1) is 0 Å². The van der Waals surface area contributed by atoms with Gasteiger partial charge in [-0.1, -0.05) is 0 Å². The van der Waals surface area contributed by atoms with Crippen LogP contribution >= 0.6 is 12.4 Å². The molecule has 0 rings (SSSR count). The summed E-state index contributed by atoms with van der Waals surface area (Å²) in [5.41, 5.74) is 0. The van der Waals surface area contributed by atoms with E-state index in [0.717, 1.165) is 0 Å². The first kappa shape index (κ1) is 17.9. The van der Waals surface area contributed by atoms with E-state index in [-0.39, 0.29) is 12.4 Å². The number of rotatable bonds is 6. The minimum absolute atomic E-state index is 0. The Labute approximate surface area is 98.5 Å². The zero-order valence-electron chi connectivity index (χ0n) is 9.13. The molecule has 0 fully saturated rings. The Kier molecular flexibility index (Phi) is 9.60. The van der Waals surface area contributed by atoms with E-state index in [9.17, 15) is 18.0 Å². The normalized spacial score (nSPS) is 10.8. The highest BCUT2D eigenvalue weighted by atomic mass is 35.5. The number of hydrogen-bond acceptors (Lipinski definition) is 3. The molecule has 0 radical (unpaired) electrons. The van der Waals surface area contributed by atoms with Gasteiger partial charge >= 0.3 is 6.18 Å². The first-order valence-corrected chi connectivity index (χ1v) is 4.40. The standard InChI is InChI=1S/C8H15F3N2O2.ClH/c1-12-3-4-13(2)7(14)5-15-6-8(9,10)11;/h12H,3-6H2,1-2H3;1H. The summed E-state index contributed by atoms with van der Waals surface area (Å²) in [6.45, 7) is -0.912. The third kappa shape index (κ3) is 10.0. The molecule has 8 heteroatoms. The van der Waals surface area contributed by atoms with Gasteiger partial charge in [0, 0.05) is 20.1 Å². The second kappa shape index (κ2) is 8.60. The maximum atomic E-state index is 11.6. The van der Waals surface area contributed by atoms with Gasteiger partial charge in [-0.15, -0.1) is 12.4 Å². The van der Waals surface area contributed by atoms with E-state index < -0.39 is 25.3 Å². The zero-order chi connectivity index (χ0) is 11.9. The number of amides is 1. The summed E-state index contributed by atoms with van der Waals surface area (Å²) >= 11 is 0. The summed E-state index contributed by atoms with van der Waals surface area (Å²) in [5.74, 6) is -0.463. The summed E-state index contributed by atoms with van der Waals surface area (Å²) in [6, 6.07) is 0. The average molecular weight is 265 g/mol. The minimum atomic E-state index is -4.39. The lowest BCUT2D eigenvalue weighted by atomic mass is 10.5. The SMILES string of the molecule is CNCCN(C)C(=O)COCC(F)(F)F.Cl. The lowest BCUT2D eigenvalue weighted by molar-refractivity contribution is -0.177. The van der Waals surface area contributed by atoms with Crippen molar-refractivity contribution >= 4 is 18.3 Å². The molecule has 0 unspecified atom stereocenters. The van der Waals surface area contributed by atoms with Gasteiger partial charge in [-0.3, -0.25) is 4.79 Å². The summed E-state index contributed by atoms with van der Waals surface area (Å²) in [4.78, 5) is 12.5. The van der Waals surface area contributed by atoms with E-state index in [4.69, 9.17) is 0 Å². The average Bonchev–Trinajstić information content (AvgIpc) is 2.11. The van der Waals surface area contributed by atoms with Crippen LogP contribution in [0.2, 0.25) is 0 Å². The van der Waals surface area contributed by atoms with Crippen LogP contribution in [-0.4, -0.2) is 57.4 Å². The van der Waals surface area contributed by atoms with Crippen molar-refractivity contribution in [3.8, 4) is 0 Å². The van der Waals surface area contributed by atoms with Crippen LogP contribution < -0.4 is 5.32 Å². The fourth-order valence-electron chi connectivity index (χ4n) is 0.768. The number of likely N-dealkylation sites (N-methyl/N-ethyl adjacent to an activating group) is 2. The summed E-state index contributed by atoms with van der Waals surface area (Å²) in [6.07, 6.45) is -4.39. The van der Waals surface area contributed by atoms with Crippen LogP contribution in [0.3, 0.4) is 0 Å². The Morgan fingerprint density at radius 3 is 2.44 bits per heavy atom. The minimum Gasteiger partial charge on any atom is -0.362 e. The molecule has 0 aromatic carbocycles. The number of ether oxygens (including phenoxy) is 1. The predicted molar refractivity (Wildman–Crippen MR) is 55.7 cm³/mol. The monoisotopic (exact) mass is 264 g/mol. The van der Waals surface area contributed by atoms with Gasteiger partial charge in [-0.05, 0) is 7.05 Å². The van der Waals surface area contributed by atoms with Gasteiger partial charge in [0.25, 0.3) is 0 Å². The van der Waals surface area contributed by atoms with Gasteiger partial charge in [-0.2, -0.15) is 13.2 Å². The van der Waals surface area contributed by atoms with Crippen LogP contribution in [0.4, 0.5) is 13.2 Å². The summed E-state index contributed by atoms with van der Waals surface area (Å²) in [5, 5.41) is 2.82. The second-order valence-electron chi connectivity index (χ2n) is 3.03. The van der Waals surface area contributed by atoms with Gasteiger partial charge in [0.15, 0.2) is 0 Å². The maximum Gasteiger partial charge on any atom is 0.411 e. The third-order valence-corrected chi connectivity index (χ3v) is 1.61. The van der Waals surface area contributed by atoms with Gasteiger partial charge < -0.3 is 15.0 Å². The Morgan fingerprint density at radius 1 is 1.44 bits per heavy atom. The van der Waals surface area contributed by atoms with Crippen molar-refractivity contribution in [2.45, 2.75) is 6.18 Å². The number of nitrogens with one attached hydrogen (secondary N) is 1. The summed E-state index contributed by atoms with van der Waals surface area (Å²) < 4.78 is 39.2. The molecule has 0 heterocycles. The molecule has 0 bridgehead atoms. The Morgan fingerprint density at radius 2 is 2.00 bits per heavy atom. The molecule has 0 aliphatic carbocycles. The van der Waals surface area contributed by atoms with Crippen LogP contribution in [0.15, 0.2) is 0 Å². The van der Waals surface area contributed by atoms with Crippen molar-refractivity contribution in [1.29, 1.82) is 0 Å². The predicted octanol–water partition coefficient (Wildman–Crippen LogP) is 0.665. The highest BCUT2D eigenvalue weighted by molar-refractivity contribution is 5.85. The van der Waals surface area contributed by atoms with Crippen molar-refractivity contribution in [2.75, 3.05) is 40.4 Å². The summed E-state index contributed by atoms with van der Waals surface area (Å²) in [7, 11) is 3.23. The van der Waals surface area contributed by atoms with Crippen molar-refractivity contribution in [3.63, 3.8) is 0 Å². The first-order chi connectivity index (χ1) is 6.87. The number of hydrogen-bond donors (Lipinski definition) is 1. The molecule has 0 aromatic rings. The van der Waals surface area contributed by atoms with Crippen LogP contribution in [-0.2, 0) is 9.53 Å². The molecule has 0 saturated carbocycles. The van der Waals surface area contributed by atoms with Crippen molar-refractivity contribution in [1.82, 2.24) is 10.2 Å². The molecule has 4 nitrogen and oxygen atoms in total. The van der Waals surface area contributed by atoms with E-state index in [1.165, 1.54) is 11.9 Å². The highest BCUT2D eigenvalue weighted by Gasteiger charge is 2.27. The fourth-order valence-corrected chi connectivity index (χ4v) is 0.768. The quantitative estimate of drug-likeness (QED) is 0.767. The van der Waals surface area contributed by atoms with E-state index in [1.807, 2.05) is 0 Å². The zero-order valence-corrected chi connectivity index (χ0v) is 9.95. The molecule has 0 saturated heterocycles. The van der Waals surface area contributed by atoms with Crippen LogP contribution in [0.1, 0.15) is 0 Å². The molecule has 0 spiro atoms. The Balaban J connectivity index is 0. The van der Waals surface area contributed by atoms with E-state index in [0.29, 0.717) is 13.1 Å². The number of halogens is 4. The lowest BCUT2D eigenvalue weighted by Crippen LogP contribution is -2.36. The fraction of sp³-hybridized carbons (Fsp3) is 0.875. The first-order valence-electron chi connectivity index (χ1n) is 4.40. The molecule has 98 valence electrons. The third-order valence-electron chi connectivity index (χ3n) is 1.61. The smallest absolute Gasteiger partial charge is 0.362 e. The molecule has 0 aliphatic rings. The Hall–Kier alpha value is -0.530. The van der Waals surface area contributed by atoms with Crippen molar-refractivity contribution < 1.29 is 22.7 Å². The van der Waals surface area contributed by atoms with Crippen LogP contribution in [0.5, 0.6) is 0 Å². The Bertz CT molecular complexity index is 202. The van der Waals surface area contributed by atoms with E-state index >= 15 is 0 Å². The molecule has 16 heavy (non-hydrogen) atoms. The number of nitrogens with zero attached hydrogens (tertiary/aromatic N) is 1. The molecule has 1 amide bonds. The number of carbonyl (C=O) groups is 1. The van der Waals surface area contributed by atoms with Crippen molar-refractivity contribution in [2.24, 2.45) is 0 Å². The van der Waals surface area contributed by atoms with Gasteiger partial charge in [0.1, 0.15) is 13.2 Å². The maximum absolute atomic E-state index is 11.6. The van der Waals surface area contributed by atoms with Gasteiger partial charge in [-0.25, -0.2) is 0 Å². The van der Waals surface area contributed by atoms with Crippen LogP contribution in [0, 0.1) is 0 Å². The largest absolute Gasteiger partial charge is 0.411 e. The molecule has 0 atom stereocenters. The van der Waals surface area contributed by atoms with Crippen LogP contribution in [0.25, 0.3) is 0 Å². The van der Waals surface area contributed by atoms with E-state index in [2.05, 4.69) is 10.1 Å². The van der Waals surface area contributed by atoms with Crippen molar-refractivity contribution in [3.05, 3.63) is 0 Å². The number of alkyl halides is 3. The number of carbonyl (C=O) groups excluding carboxylic acids is 1. The second-order valence-corrected chi connectivity index (χ2v) is 3.03. The topological polar surface area (TPSA) is 41.6 Å². The van der Waals surface area contributed by atoms with Gasteiger partial charge in [0.2, 0.25) is 5.91 Å². The molecular formula is C8H16ClF3N2O2.